The van der Waals surface area contributed by atoms with Gasteiger partial charge in [0.2, 0.25) is 6.79 Å². The average Bonchev–Trinajstić information content (AvgIpc) is 2.62. The Morgan fingerprint density at radius 1 is 1.39 bits per heavy atom. The van der Waals surface area contributed by atoms with E-state index >= 15 is 0 Å². The van der Waals surface area contributed by atoms with Crippen molar-refractivity contribution in [3.8, 4) is 11.5 Å². The van der Waals surface area contributed by atoms with E-state index in [1.54, 1.807) is 12.1 Å². The molecule has 5 nitrogen and oxygen atoms in total. The second-order valence-electron chi connectivity index (χ2n) is 4.82. The van der Waals surface area contributed by atoms with E-state index in [1.165, 1.54) is 0 Å². The zero-order valence-electron chi connectivity index (χ0n) is 10.4. The molecule has 0 radical (unpaired) electrons. The Balaban J connectivity index is 2.11. The molecular weight excluding hydrogens is 302 g/mol. The van der Waals surface area contributed by atoms with Crippen LogP contribution < -0.4 is 14.8 Å². The zero-order chi connectivity index (χ0) is 13.3. The summed E-state index contributed by atoms with van der Waals surface area (Å²) in [7, 11) is 0. The molecule has 0 aliphatic carbocycles. The van der Waals surface area contributed by atoms with Gasteiger partial charge in [-0.05, 0) is 42.8 Å². The van der Waals surface area contributed by atoms with Gasteiger partial charge in [0.1, 0.15) is 5.60 Å². The number of amides is 1. The molecule has 98 valence electrons. The quantitative estimate of drug-likeness (QED) is 0.861. The Hall–Kier alpha value is -1.43. The van der Waals surface area contributed by atoms with Crippen LogP contribution in [-0.2, 0) is 4.74 Å². The summed E-state index contributed by atoms with van der Waals surface area (Å²) < 4.78 is 16.4. The van der Waals surface area contributed by atoms with Gasteiger partial charge in [0.05, 0.1) is 4.47 Å². The molecule has 0 saturated carbocycles. The molecule has 1 aliphatic rings. The summed E-state index contributed by atoms with van der Waals surface area (Å²) >= 11 is 3.35. The Morgan fingerprint density at radius 2 is 2.11 bits per heavy atom. The lowest BCUT2D eigenvalue weighted by molar-refractivity contribution is 0.0636. The van der Waals surface area contributed by atoms with E-state index in [0.717, 1.165) is 4.47 Å². The number of ether oxygens (including phenoxy) is 3. The summed E-state index contributed by atoms with van der Waals surface area (Å²) in [5.41, 5.74) is 0.0536. The second-order valence-corrected chi connectivity index (χ2v) is 5.67. The maximum absolute atomic E-state index is 11.6. The van der Waals surface area contributed by atoms with Crippen molar-refractivity contribution >= 4 is 27.7 Å². The van der Waals surface area contributed by atoms with Crippen molar-refractivity contribution < 1.29 is 19.0 Å². The molecule has 0 spiro atoms. The largest absolute Gasteiger partial charge is 0.453 e. The van der Waals surface area contributed by atoms with Crippen molar-refractivity contribution in [1.29, 1.82) is 0 Å². The highest BCUT2D eigenvalue weighted by Crippen LogP contribution is 2.41. The Kier molecular flexibility index (Phi) is 3.38. The number of fused-ring (bicyclic) bond motifs is 1. The first-order chi connectivity index (χ1) is 8.35. The molecule has 1 heterocycles. The molecule has 1 amide bonds. The van der Waals surface area contributed by atoms with Crippen molar-refractivity contribution in [2.45, 2.75) is 26.4 Å². The third kappa shape index (κ3) is 3.07. The smallest absolute Gasteiger partial charge is 0.412 e. The first-order valence-electron chi connectivity index (χ1n) is 5.44. The van der Waals surface area contributed by atoms with Crippen molar-refractivity contribution in [2.75, 3.05) is 12.1 Å². The molecule has 0 bridgehead atoms. The van der Waals surface area contributed by atoms with Crippen LogP contribution in [0.3, 0.4) is 0 Å². The number of carbonyl (C=O) groups is 1. The first kappa shape index (κ1) is 13.0. The van der Waals surface area contributed by atoms with E-state index in [1.807, 2.05) is 20.8 Å². The highest BCUT2D eigenvalue weighted by Gasteiger charge is 2.20. The highest BCUT2D eigenvalue weighted by molar-refractivity contribution is 9.10. The van der Waals surface area contributed by atoms with E-state index in [4.69, 9.17) is 14.2 Å². The Labute approximate surface area is 114 Å². The summed E-state index contributed by atoms with van der Waals surface area (Å²) in [6.45, 7) is 5.61. The van der Waals surface area contributed by atoms with E-state index in [2.05, 4.69) is 21.2 Å². The van der Waals surface area contributed by atoms with Crippen LogP contribution in [0.5, 0.6) is 11.5 Å². The molecule has 0 aromatic heterocycles. The number of rotatable bonds is 1. The average molecular weight is 316 g/mol. The molecule has 1 aliphatic heterocycles. The van der Waals surface area contributed by atoms with Gasteiger partial charge in [0.25, 0.3) is 0 Å². The molecule has 6 heteroatoms. The molecular formula is C12H14BrNO4. The van der Waals surface area contributed by atoms with Crippen LogP contribution in [0.4, 0.5) is 10.5 Å². The molecule has 1 N–H and O–H groups in total. The molecule has 0 saturated heterocycles. The van der Waals surface area contributed by atoms with E-state index < -0.39 is 11.7 Å². The lowest BCUT2D eigenvalue weighted by Crippen LogP contribution is -2.27. The number of benzene rings is 1. The monoisotopic (exact) mass is 315 g/mol. The van der Waals surface area contributed by atoms with Crippen LogP contribution in [0.1, 0.15) is 20.8 Å². The zero-order valence-corrected chi connectivity index (χ0v) is 12.0. The SMILES string of the molecule is CC(C)(C)OC(=O)Nc1cc(Br)c2c(c1)OCO2. The van der Waals surface area contributed by atoms with Crippen LogP contribution in [0.15, 0.2) is 16.6 Å². The molecule has 1 aromatic rings. The van der Waals surface area contributed by atoms with Gasteiger partial charge >= 0.3 is 6.09 Å². The summed E-state index contributed by atoms with van der Waals surface area (Å²) in [6.07, 6.45) is -0.506. The summed E-state index contributed by atoms with van der Waals surface area (Å²) in [6, 6.07) is 3.43. The van der Waals surface area contributed by atoms with Crippen LogP contribution in [0, 0.1) is 0 Å². The third-order valence-electron chi connectivity index (χ3n) is 2.07. The fraction of sp³-hybridized carbons (Fsp3) is 0.417. The maximum Gasteiger partial charge on any atom is 0.412 e. The molecule has 18 heavy (non-hydrogen) atoms. The van der Waals surface area contributed by atoms with E-state index in [9.17, 15) is 4.79 Å². The molecule has 0 fully saturated rings. The van der Waals surface area contributed by atoms with Gasteiger partial charge in [0, 0.05) is 11.8 Å². The van der Waals surface area contributed by atoms with Gasteiger partial charge in [-0.3, -0.25) is 5.32 Å². The Morgan fingerprint density at radius 3 is 2.78 bits per heavy atom. The first-order valence-corrected chi connectivity index (χ1v) is 6.23. The third-order valence-corrected chi connectivity index (χ3v) is 2.66. The molecule has 1 aromatic carbocycles. The molecule has 0 unspecified atom stereocenters. The lowest BCUT2D eigenvalue weighted by atomic mass is 10.2. The number of carbonyl (C=O) groups excluding carboxylic acids is 1. The second kappa shape index (κ2) is 4.68. The van der Waals surface area contributed by atoms with Crippen LogP contribution in [0.25, 0.3) is 0 Å². The standard InChI is InChI=1S/C12H14BrNO4/c1-12(2,3)18-11(15)14-7-4-8(13)10-9(5-7)16-6-17-10/h4-5H,6H2,1-3H3,(H,14,15). The van der Waals surface area contributed by atoms with Crippen molar-refractivity contribution in [3.63, 3.8) is 0 Å². The van der Waals surface area contributed by atoms with E-state index in [-0.39, 0.29) is 6.79 Å². The van der Waals surface area contributed by atoms with Crippen LogP contribution >= 0.6 is 15.9 Å². The van der Waals surface area contributed by atoms with E-state index in [0.29, 0.717) is 17.2 Å². The van der Waals surface area contributed by atoms with Gasteiger partial charge in [-0.2, -0.15) is 0 Å². The number of anilines is 1. The highest BCUT2D eigenvalue weighted by atomic mass is 79.9. The predicted octanol–water partition coefficient (Wildman–Crippen LogP) is 3.52. The number of nitrogens with one attached hydrogen (secondary N) is 1. The van der Waals surface area contributed by atoms with Gasteiger partial charge in [0.15, 0.2) is 11.5 Å². The van der Waals surface area contributed by atoms with Gasteiger partial charge in [-0.15, -0.1) is 0 Å². The van der Waals surface area contributed by atoms with Gasteiger partial charge < -0.3 is 14.2 Å². The van der Waals surface area contributed by atoms with Gasteiger partial charge in [-0.25, -0.2) is 4.79 Å². The maximum atomic E-state index is 11.6. The van der Waals surface area contributed by atoms with Crippen LogP contribution in [-0.4, -0.2) is 18.5 Å². The topological polar surface area (TPSA) is 56.8 Å². The molecule has 2 rings (SSSR count). The minimum absolute atomic E-state index is 0.184. The Bertz CT molecular complexity index is 482. The summed E-state index contributed by atoms with van der Waals surface area (Å²) in [5.74, 6) is 1.24. The number of hydrogen-bond donors (Lipinski definition) is 1. The minimum Gasteiger partial charge on any atom is -0.453 e. The number of hydrogen-bond acceptors (Lipinski definition) is 4. The summed E-state index contributed by atoms with van der Waals surface area (Å²) in [5, 5.41) is 2.64. The van der Waals surface area contributed by atoms with Gasteiger partial charge in [-0.1, -0.05) is 0 Å². The lowest BCUT2D eigenvalue weighted by Gasteiger charge is -2.19. The minimum atomic E-state index is -0.530. The summed E-state index contributed by atoms with van der Waals surface area (Å²) in [4.78, 5) is 11.6. The fourth-order valence-electron chi connectivity index (χ4n) is 1.46. The van der Waals surface area contributed by atoms with Crippen molar-refractivity contribution in [1.82, 2.24) is 0 Å². The van der Waals surface area contributed by atoms with Crippen LogP contribution in [0.2, 0.25) is 0 Å². The number of halogens is 1. The van der Waals surface area contributed by atoms with Crippen molar-refractivity contribution in [2.24, 2.45) is 0 Å². The van der Waals surface area contributed by atoms with Crippen molar-refractivity contribution in [3.05, 3.63) is 16.6 Å². The fourth-order valence-corrected chi connectivity index (χ4v) is 2.02. The predicted molar refractivity (Wildman–Crippen MR) is 70.1 cm³/mol. The molecule has 0 atom stereocenters. The normalized spacial score (nSPS) is 13.3.